The quantitative estimate of drug-likeness (QED) is 0.572. The van der Waals surface area contributed by atoms with Gasteiger partial charge in [-0.1, -0.05) is 5.16 Å². The van der Waals surface area contributed by atoms with Crippen molar-refractivity contribution in [3.05, 3.63) is 23.8 Å². The van der Waals surface area contributed by atoms with E-state index in [-0.39, 0.29) is 0 Å². The number of benzene rings is 1. The highest BCUT2D eigenvalue weighted by atomic mass is 16.6. The van der Waals surface area contributed by atoms with E-state index in [0.29, 0.717) is 84.2 Å². The van der Waals surface area contributed by atoms with Crippen LogP contribution in [-0.2, 0) is 23.8 Å². The molecule has 1 heterocycles. The molecule has 1 aromatic rings. The lowest BCUT2D eigenvalue weighted by molar-refractivity contribution is -0.00841. The van der Waals surface area contributed by atoms with Gasteiger partial charge in [-0.25, -0.2) is 0 Å². The average molecular weight is 397 g/mol. The average Bonchev–Trinajstić information content (AvgIpc) is 2.71. The minimum absolute atomic E-state index is 0.404. The maximum atomic E-state index is 5.88. The molecule has 0 N–H and O–H groups in total. The molecule has 1 aromatic carbocycles. The van der Waals surface area contributed by atoms with Crippen molar-refractivity contribution in [2.24, 2.45) is 5.16 Å². The van der Waals surface area contributed by atoms with Gasteiger partial charge >= 0.3 is 0 Å². The predicted octanol–water partition coefficient (Wildman–Crippen LogP) is 2.28. The molecule has 0 saturated carbocycles. The molecule has 0 unspecified atom stereocenters. The largest absolute Gasteiger partial charge is 0.487 e. The Morgan fingerprint density at radius 2 is 1.29 bits per heavy atom. The van der Waals surface area contributed by atoms with Gasteiger partial charge in [-0.15, -0.1) is 0 Å². The highest BCUT2D eigenvalue weighted by Crippen LogP contribution is 2.29. The maximum absolute atomic E-state index is 5.88. The van der Waals surface area contributed by atoms with Gasteiger partial charge < -0.3 is 33.3 Å². The SMILES string of the molecule is CCO/N=C(/C)c1ccc2c(c1)OCCOCCOCCOCCOCCO2. The van der Waals surface area contributed by atoms with Crippen LogP contribution in [0.25, 0.3) is 0 Å². The molecular formula is C20H31NO7. The van der Waals surface area contributed by atoms with Crippen LogP contribution < -0.4 is 9.47 Å². The fourth-order valence-corrected chi connectivity index (χ4v) is 2.36. The van der Waals surface area contributed by atoms with E-state index in [0.717, 1.165) is 11.3 Å². The summed E-state index contributed by atoms with van der Waals surface area (Å²) in [5.74, 6) is 1.28. The fraction of sp³-hybridized carbons (Fsp3) is 0.650. The van der Waals surface area contributed by atoms with Crippen molar-refractivity contribution in [3.8, 4) is 11.5 Å². The van der Waals surface area contributed by atoms with E-state index in [9.17, 15) is 0 Å². The standard InChI is InChI=1S/C20H31NO7/c1-3-28-21-17(2)18-4-5-19-20(16-18)27-15-13-25-11-9-23-7-6-22-8-10-24-12-14-26-19/h4-5,16H,3,6-15H2,1-2H3/b21-17-. The second-order valence-electron chi connectivity index (χ2n) is 5.90. The van der Waals surface area contributed by atoms with E-state index < -0.39 is 0 Å². The summed E-state index contributed by atoms with van der Waals surface area (Å²) in [4.78, 5) is 5.13. The Morgan fingerprint density at radius 3 is 1.82 bits per heavy atom. The second-order valence-corrected chi connectivity index (χ2v) is 5.90. The molecular weight excluding hydrogens is 366 g/mol. The molecule has 0 bridgehead atoms. The Balaban J connectivity index is 1.99. The van der Waals surface area contributed by atoms with Crippen molar-refractivity contribution in [1.29, 1.82) is 0 Å². The highest BCUT2D eigenvalue weighted by Gasteiger charge is 2.10. The first kappa shape index (κ1) is 22.4. The molecule has 0 saturated heterocycles. The van der Waals surface area contributed by atoms with Gasteiger partial charge in [0.1, 0.15) is 19.8 Å². The van der Waals surface area contributed by atoms with E-state index in [2.05, 4.69) is 5.16 Å². The third-order valence-corrected chi connectivity index (χ3v) is 3.78. The van der Waals surface area contributed by atoms with E-state index in [4.69, 9.17) is 33.3 Å². The van der Waals surface area contributed by atoms with Crippen molar-refractivity contribution in [2.75, 3.05) is 72.7 Å². The number of fused-ring (bicyclic) bond motifs is 1. The van der Waals surface area contributed by atoms with Crippen molar-refractivity contribution < 1.29 is 33.3 Å². The number of nitrogens with zero attached hydrogens (tertiary/aromatic N) is 1. The Labute approximate surface area is 166 Å². The molecule has 0 aliphatic carbocycles. The second kappa shape index (κ2) is 14.2. The third-order valence-electron chi connectivity index (χ3n) is 3.78. The highest BCUT2D eigenvalue weighted by molar-refractivity contribution is 5.98. The first-order valence-corrected chi connectivity index (χ1v) is 9.68. The lowest BCUT2D eigenvalue weighted by Crippen LogP contribution is -2.16. The number of oxime groups is 1. The molecule has 0 spiro atoms. The van der Waals surface area contributed by atoms with Crippen LogP contribution in [0.4, 0.5) is 0 Å². The molecule has 1 aliphatic heterocycles. The Morgan fingerprint density at radius 1 is 0.786 bits per heavy atom. The van der Waals surface area contributed by atoms with Crippen molar-refractivity contribution in [3.63, 3.8) is 0 Å². The summed E-state index contributed by atoms with van der Waals surface area (Å²) in [6.07, 6.45) is 0. The van der Waals surface area contributed by atoms with E-state index in [1.165, 1.54) is 0 Å². The van der Waals surface area contributed by atoms with Crippen LogP contribution in [0, 0.1) is 0 Å². The summed E-state index contributed by atoms with van der Waals surface area (Å²) in [7, 11) is 0. The van der Waals surface area contributed by atoms with Gasteiger partial charge in [-0.3, -0.25) is 0 Å². The number of ether oxygens (including phenoxy) is 6. The van der Waals surface area contributed by atoms with Gasteiger partial charge in [0.05, 0.1) is 58.6 Å². The summed E-state index contributed by atoms with van der Waals surface area (Å²) in [6, 6.07) is 5.68. The van der Waals surface area contributed by atoms with E-state index in [1.54, 1.807) is 0 Å². The Kier molecular flexibility index (Phi) is 11.3. The van der Waals surface area contributed by atoms with Gasteiger partial charge in [-0.2, -0.15) is 0 Å². The van der Waals surface area contributed by atoms with Gasteiger partial charge in [-0.05, 0) is 32.0 Å². The van der Waals surface area contributed by atoms with Crippen LogP contribution in [0.2, 0.25) is 0 Å². The Hall–Kier alpha value is -1.87. The zero-order valence-corrected chi connectivity index (χ0v) is 16.8. The first-order chi connectivity index (χ1) is 13.8. The lowest BCUT2D eigenvalue weighted by atomic mass is 10.1. The summed E-state index contributed by atoms with van der Waals surface area (Å²) in [6.45, 7) is 9.22. The molecule has 0 fully saturated rings. The molecule has 8 nitrogen and oxygen atoms in total. The summed E-state index contributed by atoms with van der Waals surface area (Å²) in [5.41, 5.74) is 1.67. The van der Waals surface area contributed by atoms with Gasteiger partial charge in [0.2, 0.25) is 0 Å². The molecule has 1 aliphatic rings. The van der Waals surface area contributed by atoms with Crippen LogP contribution in [0.3, 0.4) is 0 Å². The van der Waals surface area contributed by atoms with E-state index in [1.807, 2.05) is 32.0 Å². The molecule has 2 rings (SSSR count). The van der Waals surface area contributed by atoms with Crippen LogP contribution in [0.5, 0.6) is 11.5 Å². The van der Waals surface area contributed by atoms with Crippen LogP contribution >= 0.6 is 0 Å². The molecule has 28 heavy (non-hydrogen) atoms. The normalized spacial score (nSPS) is 18.7. The molecule has 0 atom stereocenters. The summed E-state index contributed by atoms with van der Waals surface area (Å²) >= 11 is 0. The molecule has 158 valence electrons. The minimum Gasteiger partial charge on any atom is -0.487 e. The van der Waals surface area contributed by atoms with Crippen molar-refractivity contribution in [1.82, 2.24) is 0 Å². The van der Waals surface area contributed by atoms with Gasteiger partial charge in [0, 0.05) is 5.56 Å². The number of hydrogen-bond acceptors (Lipinski definition) is 8. The lowest BCUT2D eigenvalue weighted by Gasteiger charge is -2.15. The Bertz CT molecular complexity index is 580. The van der Waals surface area contributed by atoms with Crippen LogP contribution in [-0.4, -0.2) is 78.4 Å². The van der Waals surface area contributed by atoms with Gasteiger partial charge in [0.15, 0.2) is 11.5 Å². The number of rotatable bonds is 3. The minimum atomic E-state index is 0.404. The zero-order valence-electron chi connectivity index (χ0n) is 16.8. The van der Waals surface area contributed by atoms with Crippen molar-refractivity contribution >= 4 is 5.71 Å². The smallest absolute Gasteiger partial charge is 0.161 e. The molecule has 0 radical (unpaired) electrons. The van der Waals surface area contributed by atoms with E-state index >= 15 is 0 Å². The molecule has 0 aromatic heterocycles. The first-order valence-electron chi connectivity index (χ1n) is 9.68. The predicted molar refractivity (Wildman–Crippen MR) is 105 cm³/mol. The fourth-order valence-electron chi connectivity index (χ4n) is 2.36. The monoisotopic (exact) mass is 397 g/mol. The molecule has 8 heteroatoms. The van der Waals surface area contributed by atoms with Crippen LogP contribution in [0.1, 0.15) is 19.4 Å². The topological polar surface area (TPSA) is 77.0 Å². The molecule has 0 amide bonds. The summed E-state index contributed by atoms with van der Waals surface area (Å²) < 4.78 is 33.6. The van der Waals surface area contributed by atoms with Crippen LogP contribution in [0.15, 0.2) is 23.4 Å². The maximum Gasteiger partial charge on any atom is 0.161 e. The van der Waals surface area contributed by atoms with Crippen molar-refractivity contribution in [2.45, 2.75) is 13.8 Å². The van der Waals surface area contributed by atoms with Gasteiger partial charge in [0.25, 0.3) is 0 Å². The third kappa shape index (κ3) is 8.88. The summed E-state index contributed by atoms with van der Waals surface area (Å²) in [5, 5.41) is 4.07. The number of hydrogen-bond donors (Lipinski definition) is 0. The zero-order chi connectivity index (χ0) is 19.9.